The molecule has 1 aromatic rings. The summed E-state index contributed by atoms with van der Waals surface area (Å²) in [7, 11) is 0. The Kier molecular flexibility index (Phi) is 3.30. The van der Waals surface area contributed by atoms with Gasteiger partial charge in [0, 0.05) is 6.54 Å². The van der Waals surface area contributed by atoms with E-state index in [1.165, 1.54) is 0 Å². The molecule has 3 heteroatoms. The predicted octanol–water partition coefficient (Wildman–Crippen LogP) is 1.27. The maximum Gasteiger partial charge on any atom is 0.102 e. The fourth-order valence-electron chi connectivity index (χ4n) is 1.15. The summed E-state index contributed by atoms with van der Waals surface area (Å²) in [5.41, 5.74) is 2.39. The molecule has 0 radical (unpaired) electrons. The highest BCUT2D eigenvalue weighted by Crippen LogP contribution is 2.17. The molecule has 3 nitrogen and oxygen atoms in total. The molecule has 2 N–H and O–H groups in total. The molecule has 0 fully saturated rings. The Morgan fingerprint density at radius 2 is 2.31 bits per heavy atom. The van der Waals surface area contributed by atoms with Crippen LogP contribution in [0.5, 0.6) is 0 Å². The number of nitrogens with one attached hydrogen (secondary N) is 1. The number of anilines is 1. The van der Waals surface area contributed by atoms with Gasteiger partial charge < -0.3 is 10.4 Å². The quantitative estimate of drug-likeness (QED) is 0.729. The maximum absolute atomic E-state index is 8.85. The second kappa shape index (κ2) is 4.48. The number of benzene rings is 1. The van der Waals surface area contributed by atoms with E-state index in [2.05, 4.69) is 11.4 Å². The molecule has 0 amide bonds. The lowest BCUT2D eigenvalue weighted by Gasteiger charge is -2.07. The fourth-order valence-corrected chi connectivity index (χ4v) is 1.15. The second-order valence-electron chi connectivity index (χ2n) is 2.76. The molecule has 0 aliphatic rings. The Balaban J connectivity index is 2.93. The number of aliphatic hydroxyl groups excluding tert-OH is 1. The summed E-state index contributed by atoms with van der Waals surface area (Å²) in [4.78, 5) is 0. The lowest BCUT2D eigenvalue weighted by Crippen LogP contribution is -2.07. The number of aliphatic hydroxyl groups is 1. The van der Waals surface area contributed by atoms with E-state index in [0.29, 0.717) is 12.1 Å². The molecule has 68 valence electrons. The molecule has 0 spiro atoms. The van der Waals surface area contributed by atoms with E-state index in [1.807, 2.05) is 25.1 Å². The van der Waals surface area contributed by atoms with Gasteiger partial charge in [0.1, 0.15) is 6.07 Å². The monoisotopic (exact) mass is 176 g/mol. The highest BCUT2D eigenvalue weighted by atomic mass is 16.3. The van der Waals surface area contributed by atoms with Crippen molar-refractivity contribution in [1.82, 2.24) is 0 Å². The molecule has 0 aliphatic carbocycles. The van der Waals surface area contributed by atoms with Crippen molar-refractivity contribution >= 4 is 5.69 Å². The van der Waals surface area contributed by atoms with Crippen LogP contribution in [0.4, 0.5) is 5.69 Å². The van der Waals surface area contributed by atoms with Gasteiger partial charge in [-0.2, -0.15) is 5.26 Å². The van der Waals surface area contributed by atoms with E-state index in [1.54, 1.807) is 0 Å². The Morgan fingerprint density at radius 3 is 2.92 bits per heavy atom. The van der Waals surface area contributed by atoms with Crippen LogP contribution in [-0.2, 0) is 0 Å². The Morgan fingerprint density at radius 1 is 1.54 bits per heavy atom. The van der Waals surface area contributed by atoms with Crippen molar-refractivity contribution in [1.29, 1.82) is 5.26 Å². The van der Waals surface area contributed by atoms with E-state index in [-0.39, 0.29) is 6.61 Å². The first kappa shape index (κ1) is 9.56. The van der Waals surface area contributed by atoms with Crippen molar-refractivity contribution in [3.63, 3.8) is 0 Å². The van der Waals surface area contributed by atoms with Crippen LogP contribution < -0.4 is 5.32 Å². The van der Waals surface area contributed by atoms with Gasteiger partial charge in [0.05, 0.1) is 17.9 Å². The minimum atomic E-state index is 0.0683. The molecule has 0 heterocycles. The third kappa shape index (κ3) is 2.20. The second-order valence-corrected chi connectivity index (χ2v) is 2.76. The summed E-state index contributed by atoms with van der Waals surface area (Å²) >= 11 is 0. The standard InChI is InChI=1S/C10H12N2O/c1-8-3-2-4-10(9(8)7-11)12-5-6-13/h2-4,12-13H,5-6H2,1H3. The van der Waals surface area contributed by atoms with Gasteiger partial charge >= 0.3 is 0 Å². The third-order valence-electron chi connectivity index (χ3n) is 1.81. The van der Waals surface area contributed by atoms with Gasteiger partial charge in [0.15, 0.2) is 0 Å². The smallest absolute Gasteiger partial charge is 0.102 e. The van der Waals surface area contributed by atoms with E-state index in [4.69, 9.17) is 10.4 Å². The van der Waals surface area contributed by atoms with Crippen LogP contribution in [0, 0.1) is 18.3 Å². The Hall–Kier alpha value is -1.53. The molecule has 0 saturated heterocycles. The summed E-state index contributed by atoms with van der Waals surface area (Å²) in [5, 5.41) is 20.4. The minimum absolute atomic E-state index is 0.0683. The van der Waals surface area contributed by atoms with Crippen LogP contribution in [0.25, 0.3) is 0 Å². The Bertz CT molecular complexity index is 328. The van der Waals surface area contributed by atoms with Crippen LogP contribution in [-0.4, -0.2) is 18.3 Å². The first-order chi connectivity index (χ1) is 6.29. The molecule has 0 atom stereocenters. The van der Waals surface area contributed by atoms with Crippen LogP contribution in [0.3, 0.4) is 0 Å². The average molecular weight is 176 g/mol. The number of nitrogens with zero attached hydrogens (tertiary/aromatic N) is 1. The molecule has 1 rings (SSSR count). The molecule has 13 heavy (non-hydrogen) atoms. The van der Waals surface area contributed by atoms with Gasteiger partial charge in [-0.25, -0.2) is 0 Å². The highest BCUT2D eigenvalue weighted by Gasteiger charge is 2.02. The van der Waals surface area contributed by atoms with Crippen molar-refractivity contribution in [2.45, 2.75) is 6.92 Å². The van der Waals surface area contributed by atoms with Crippen LogP contribution in [0.2, 0.25) is 0 Å². The van der Waals surface area contributed by atoms with E-state index in [0.717, 1.165) is 11.3 Å². The SMILES string of the molecule is Cc1cccc(NCCO)c1C#N. The molecule has 1 aromatic carbocycles. The minimum Gasteiger partial charge on any atom is -0.395 e. The normalized spacial score (nSPS) is 9.31. The van der Waals surface area contributed by atoms with Gasteiger partial charge in [0.25, 0.3) is 0 Å². The van der Waals surface area contributed by atoms with Gasteiger partial charge in [-0.05, 0) is 18.6 Å². The van der Waals surface area contributed by atoms with E-state index in [9.17, 15) is 0 Å². The van der Waals surface area contributed by atoms with Gasteiger partial charge in [-0.3, -0.25) is 0 Å². The van der Waals surface area contributed by atoms with Crippen molar-refractivity contribution in [2.24, 2.45) is 0 Å². The van der Waals surface area contributed by atoms with Crippen molar-refractivity contribution < 1.29 is 5.11 Å². The van der Waals surface area contributed by atoms with Gasteiger partial charge in [-0.1, -0.05) is 12.1 Å². The number of hydrogen-bond acceptors (Lipinski definition) is 3. The maximum atomic E-state index is 8.85. The lowest BCUT2D eigenvalue weighted by atomic mass is 10.1. The summed E-state index contributed by atoms with van der Waals surface area (Å²) in [6.45, 7) is 2.43. The Labute approximate surface area is 77.6 Å². The van der Waals surface area contributed by atoms with Crippen molar-refractivity contribution in [2.75, 3.05) is 18.5 Å². The third-order valence-corrected chi connectivity index (χ3v) is 1.81. The highest BCUT2D eigenvalue weighted by molar-refractivity contribution is 5.60. The lowest BCUT2D eigenvalue weighted by molar-refractivity contribution is 0.311. The zero-order chi connectivity index (χ0) is 9.68. The first-order valence-electron chi connectivity index (χ1n) is 4.14. The fraction of sp³-hybridized carbons (Fsp3) is 0.300. The van der Waals surface area contributed by atoms with Crippen molar-refractivity contribution in [3.05, 3.63) is 29.3 Å². The van der Waals surface area contributed by atoms with Crippen LogP contribution >= 0.6 is 0 Å². The zero-order valence-electron chi connectivity index (χ0n) is 7.54. The molecule has 0 bridgehead atoms. The molecule has 0 saturated carbocycles. The number of hydrogen-bond donors (Lipinski definition) is 2. The van der Waals surface area contributed by atoms with E-state index >= 15 is 0 Å². The topological polar surface area (TPSA) is 56.0 Å². The number of aryl methyl sites for hydroxylation is 1. The first-order valence-corrected chi connectivity index (χ1v) is 4.14. The zero-order valence-corrected chi connectivity index (χ0v) is 7.54. The predicted molar refractivity (Wildman–Crippen MR) is 51.5 cm³/mol. The molecule has 0 aromatic heterocycles. The van der Waals surface area contributed by atoms with Crippen LogP contribution in [0.15, 0.2) is 18.2 Å². The number of rotatable bonds is 3. The van der Waals surface area contributed by atoms with E-state index < -0.39 is 0 Å². The summed E-state index contributed by atoms with van der Waals surface area (Å²) in [6, 6.07) is 7.74. The molecular formula is C10H12N2O. The average Bonchev–Trinajstić information content (AvgIpc) is 2.15. The number of nitriles is 1. The molecule has 0 aliphatic heterocycles. The largest absolute Gasteiger partial charge is 0.395 e. The van der Waals surface area contributed by atoms with Crippen LogP contribution in [0.1, 0.15) is 11.1 Å². The molecular weight excluding hydrogens is 164 g/mol. The van der Waals surface area contributed by atoms with Crippen molar-refractivity contribution in [3.8, 4) is 6.07 Å². The van der Waals surface area contributed by atoms with Gasteiger partial charge in [-0.15, -0.1) is 0 Å². The summed E-state index contributed by atoms with van der Waals surface area (Å²) in [5.74, 6) is 0. The molecule has 0 unspecified atom stereocenters. The summed E-state index contributed by atoms with van der Waals surface area (Å²) in [6.07, 6.45) is 0. The summed E-state index contributed by atoms with van der Waals surface area (Å²) < 4.78 is 0. The van der Waals surface area contributed by atoms with Gasteiger partial charge in [0.2, 0.25) is 0 Å².